The van der Waals surface area contributed by atoms with E-state index in [1.54, 1.807) is 18.2 Å². The monoisotopic (exact) mass is 467 g/mol. The lowest BCUT2D eigenvalue weighted by Gasteiger charge is -2.13. The fourth-order valence-corrected chi connectivity index (χ4v) is 2.79. The molecule has 2 aromatic heterocycles. The van der Waals surface area contributed by atoms with Crippen LogP contribution in [0.15, 0.2) is 39.9 Å². The van der Waals surface area contributed by atoms with Crippen molar-refractivity contribution in [3.8, 4) is 5.88 Å². The van der Waals surface area contributed by atoms with Crippen molar-refractivity contribution in [3.63, 3.8) is 0 Å². The van der Waals surface area contributed by atoms with Crippen LogP contribution in [0.4, 0.5) is 10.3 Å². The average Bonchev–Trinajstić information content (AvgIpc) is 2.64. The van der Waals surface area contributed by atoms with Crippen LogP contribution in [0.5, 0.6) is 5.88 Å². The molecule has 0 radical (unpaired) electrons. The van der Waals surface area contributed by atoms with Crippen LogP contribution in [0.2, 0.25) is 0 Å². The normalized spacial score (nSPS) is 12.0. The summed E-state index contributed by atoms with van der Waals surface area (Å²) in [4.78, 5) is 32.3. The summed E-state index contributed by atoms with van der Waals surface area (Å²) in [6.07, 6.45) is 1.85. The minimum Gasteiger partial charge on any atom is -0.476 e. The molecule has 28 heavy (non-hydrogen) atoms. The molecular formula is C17H16BrFN5O3P. The number of hydrogen-bond donors (Lipinski definition) is 1. The van der Waals surface area contributed by atoms with Gasteiger partial charge in [0, 0.05) is 10.1 Å². The first-order valence-electron chi connectivity index (χ1n) is 8.19. The molecule has 0 saturated carbocycles. The molecule has 11 heteroatoms. The van der Waals surface area contributed by atoms with E-state index in [0.29, 0.717) is 17.4 Å². The van der Waals surface area contributed by atoms with Gasteiger partial charge in [0.15, 0.2) is 5.82 Å². The largest absolute Gasteiger partial charge is 0.476 e. The first-order valence-corrected chi connectivity index (χ1v) is 9.65. The van der Waals surface area contributed by atoms with E-state index in [9.17, 15) is 14.0 Å². The van der Waals surface area contributed by atoms with Crippen LogP contribution in [-0.2, 0) is 11.3 Å². The number of amides is 1. The lowest BCUT2D eigenvalue weighted by atomic mass is 10.2. The highest BCUT2D eigenvalue weighted by atomic mass is 79.9. The third-order valence-electron chi connectivity index (χ3n) is 3.54. The Morgan fingerprint density at radius 1 is 1.36 bits per heavy atom. The Morgan fingerprint density at radius 3 is 2.75 bits per heavy atom. The van der Waals surface area contributed by atoms with Gasteiger partial charge in [0.05, 0.1) is 29.8 Å². The number of carbonyl (C=O) groups excluding carboxylic acids is 1. The number of hydrogen-bond acceptors (Lipinski definition) is 6. The van der Waals surface area contributed by atoms with Crippen molar-refractivity contribution in [3.05, 3.63) is 51.2 Å². The highest BCUT2D eigenvalue weighted by Gasteiger charge is 2.15. The number of carbonyl (C=O) groups is 1. The van der Waals surface area contributed by atoms with Gasteiger partial charge in [-0.3, -0.25) is 14.9 Å². The molecular weight excluding hydrogens is 452 g/mol. The second kappa shape index (κ2) is 8.70. The van der Waals surface area contributed by atoms with E-state index in [0.717, 1.165) is 21.5 Å². The molecule has 0 aliphatic rings. The van der Waals surface area contributed by atoms with Crippen LogP contribution in [0.3, 0.4) is 0 Å². The maximum Gasteiger partial charge on any atom is 0.275 e. The molecule has 0 aliphatic heterocycles. The van der Waals surface area contributed by atoms with Crippen molar-refractivity contribution in [2.45, 2.75) is 19.1 Å². The maximum absolute atomic E-state index is 12.9. The molecule has 0 bridgehead atoms. The number of nitrogens with one attached hydrogen (secondary N) is 1. The van der Waals surface area contributed by atoms with Gasteiger partial charge < -0.3 is 4.74 Å². The van der Waals surface area contributed by atoms with Gasteiger partial charge in [-0.2, -0.15) is 0 Å². The molecule has 0 spiro atoms. The Balaban J connectivity index is 1.92. The topological polar surface area (TPSA) is 99.0 Å². The second-order valence-corrected chi connectivity index (χ2v) is 8.07. The number of rotatable bonds is 6. The van der Waals surface area contributed by atoms with Crippen LogP contribution in [0.25, 0.3) is 10.8 Å². The zero-order valence-electron chi connectivity index (χ0n) is 14.7. The molecule has 1 N–H and O–H groups in total. The third-order valence-corrected chi connectivity index (χ3v) is 4.22. The Labute approximate surface area is 169 Å². The molecule has 0 saturated heterocycles. The predicted molar refractivity (Wildman–Crippen MR) is 109 cm³/mol. The van der Waals surface area contributed by atoms with Crippen LogP contribution >= 0.6 is 25.2 Å². The molecule has 2 atom stereocenters. The Bertz CT molecular complexity index is 1070. The molecule has 3 rings (SSSR count). The fourth-order valence-electron chi connectivity index (χ4n) is 2.33. The summed E-state index contributed by atoms with van der Waals surface area (Å²) < 4.78 is 20.4. The Morgan fingerprint density at radius 2 is 2.07 bits per heavy atom. The number of benzene rings is 1. The van der Waals surface area contributed by atoms with Crippen molar-refractivity contribution in [2.24, 2.45) is 0 Å². The van der Waals surface area contributed by atoms with E-state index in [1.165, 1.54) is 0 Å². The maximum atomic E-state index is 12.9. The lowest BCUT2D eigenvalue weighted by molar-refractivity contribution is -0.117. The molecule has 8 nitrogen and oxygen atoms in total. The van der Waals surface area contributed by atoms with Gasteiger partial charge in [0.2, 0.25) is 17.7 Å². The van der Waals surface area contributed by atoms with Gasteiger partial charge in [-0.15, -0.1) is 14.3 Å². The number of ether oxygens (including phenoxy) is 1. The van der Waals surface area contributed by atoms with Crippen molar-refractivity contribution < 1.29 is 13.9 Å². The summed E-state index contributed by atoms with van der Waals surface area (Å²) in [7, 11) is 2.61. The highest BCUT2D eigenvalue weighted by molar-refractivity contribution is 9.10. The number of halogens is 2. The third kappa shape index (κ3) is 4.88. The van der Waals surface area contributed by atoms with Gasteiger partial charge in [0.25, 0.3) is 5.56 Å². The van der Waals surface area contributed by atoms with Gasteiger partial charge >= 0.3 is 0 Å². The summed E-state index contributed by atoms with van der Waals surface area (Å²) in [6, 6.07) is 5.10. The number of nitrogens with zero attached hydrogens (tertiary/aromatic N) is 4. The second-order valence-electron chi connectivity index (χ2n) is 6.02. The molecule has 1 aromatic carbocycles. The van der Waals surface area contributed by atoms with Crippen molar-refractivity contribution in [1.29, 1.82) is 0 Å². The van der Waals surface area contributed by atoms with Crippen molar-refractivity contribution >= 4 is 47.8 Å². The molecule has 1 amide bonds. The summed E-state index contributed by atoms with van der Waals surface area (Å²) >= 11 is 3.37. The zero-order chi connectivity index (χ0) is 20.3. The molecule has 2 unspecified atom stereocenters. The van der Waals surface area contributed by atoms with E-state index < -0.39 is 17.3 Å². The summed E-state index contributed by atoms with van der Waals surface area (Å²) in [6.45, 7) is 1.94. The molecule has 0 aliphatic carbocycles. The van der Waals surface area contributed by atoms with E-state index in [1.807, 2.05) is 6.92 Å². The molecule has 0 fully saturated rings. The minimum atomic E-state index is -0.623. The first-order chi connectivity index (χ1) is 13.3. The van der Waals surface area contributed by atoms with Gasteiger partial charge in [-0.25, -0.2) is 19.0 Å². The standard InChI is InChI=1S/C17H16BrFN5O3P/c1-9(28)8-27-15-13-4-10(18)2-3-12(13)16(26)24(23-15)7-14(25)22-17-20-5-11(19)6-21-17/h2-6,9H,7-8,28H2,1H3,(H,20,21,22,25). The van der Waals surface area contributed by atoms with Crippen LogP contribution in [-0.4, -0.2) is 37.9 Å². The zero-order valence-corrected chi connectivity index (χ0v) is 17.5. The fraction of sp³-hybridized carbons (Fsp3) is 0.235. The lowest BCUT2D eigenvalue weighted by Crippen LogP contribution is -2.30. The summed E-state index contributed by atoms with van der Waals surface area (Å²) in [5, 5.41) is 7.51. The predicted octanol–water partition coefficient (Wildman–Crippen LogP) is 2.37. The summed E-state index contributed by atoms with van der Waals surface area (Å²) in [5.74, 6) is -1.03. The average molecular weight is 468 g/mol. The Hall–Kier alpha value is -2.45. The van der Waals surface area contributed by atoms with E-state index in [2.05, 4.69) is 45.6 Å². The number of fused-ring (bicyclic) bond motifs is 1. The van der Waals surface area contributed by atoms with Crippen molar-refractivity contribution in [1.82, 2.24) is 19.7 Å². The molecule has 146 valence electrons. The summed E-state index contributed by atoms with van der Waals surface area (Å²) in [5.41, 5.74) is -0.271. The van der Waals surface area contributed by atoms with Crippen molar-refractivity contribution in [2.75, 3.05) is 11.9 Å². The first kappa shape index (κ1) is 20.3. The van der Waals surface area contributed by atoms with Gasteiger partial charge in [-0.1, -0.05) is 22.9 Å². The van der Waals surface area contributed by atoms with E-state index in [-0.39, 0.29) is 24.0 Å². The van der Waals surface area contributed by atoms with E-state index >= 15 is 0 Å². The number of aromatic nitrogens is 4. The minimum absolute atomic E-state index is 0.0718. The Kier molecular flexibility index (Phi) is 6.31. The van der Waals surface area contributed by atoms with Crippen LogP contribution < -0.4 is 15.6 Å². The molecule has 2 heterocycles. The smallest absolute Gasteiger partial charge is 0.275 e. The SMILES string of the molecule is CC(P)COc1nn(CC(=O)Nc2ncc(F)cn2)c(=O)c2ccc(Br)cc12. The quantitative estimate of drug-likeness (QED) is 0.558. The van der Waals surface area contributed by atoms with Crippen LogP contribution in [0, 0.1) is 5.82 Å². The highest BCUT2D eigenvalue weighted by Crippen LogP contribution is 2.24. The van der Waals surface area contributed by atoms with Gasteiger partial charge in [-0.05, 0) is 18.2 Å². The van der Waals surface area contributed by atoms with Gasteiger partial charge in [0.1, 0.15) is 6.54 Å². The number of anilines is 1. The molecule has 3 aromatic rings. The van der Waals surface area contributed by atoms with E-state index in [4.69, 9.17) is 4.74 Å². The van der Waals surface area contributed by atoms with Crippen LogP contribution in [0.1, 0.15) is 6.92 Å².